The summed E-state index contributed by atoms with van der Waals surface area (Å²) in [5.74, 6) is -1.88. The number of fused-ring (bicyclic) bond motifs is 2. The van der Waals surface area contributed by atoms with Crippen LogP contribution in [0.3, 0.4) is 0 Å². The topological polar surface area (TPSA) is 46.6 Å². The molecule has 38 heavy (non-hydrogen) atoms. The van der Waals surface area contributed by atoms with Crippen LogP contribution in [-0.2, 0) is 31.9 Å². The molecule has 1 saturated heterocycles. The number of ether oxygens (including phenoxy) is 1. The van der Waals surface area contributed by atoms with Crippen molar-refractivity contribution in [3.05, 3.63) is 126 Å². The monoisotopic (exact) mass is 513 g/mol. The Morgan fingerprint density at radius 1 is 0.737 bits per heavy atom. The van der Waals surface area contributed by atoms with Crippen LogP contribution in [0.15, 0.2) is 109 Å². The lowest BCUT2D eigenvalue weighted by Crippen LogP contribution is -2.60. The Morgan fingerprint density at radius 3 is 1.97 bits per heavy atom. The molecule has 0 N–H and O–H groups in total. The number of benzene rings is 4. The van der Waals surface area contributed by atoms with Gasteiger partial charge in [-0.15, -0.1) is 0 Å². The first kappa shape index (κ1) is 24.0. The van der Waals surface area contributed by atoms with E-state index in [1.165, 1.54) is 23.1 Å². The van der Waals surface area contributed by atoms with E-state index in [0.717, 1.165) is 11.1 Å². The van der Waals surface area contributed by atoms with Crippen LogP contribution in [0.1, 0.15) is 23.1 Å². The molecule has 0 aliphatic carbocycles. The first-order valence-corrected chi connectivity index (χ1v) is 12.2. The Bertz CT molecular complexity index is 1520. The van der Waals surface area contributed by atoms with Gasteiger partial charge in [0.05, 0.1) is 13.0 Å². The molecule has 2 aliphatic rings. The second-order valence-electron chi connectivity index (χ2n) is 9.57. The summed E-state index contributed by atoms with van der Waals surface area (Å²) in [5, 5.41) is 0. The molecule has 0 bridgehead atoms. The highest BCUT2D eigenvalue weighted by Crippen LogP contribution is 2.64. The fourth-order valence-corrected chi connectivity index (χ4v) is 5.89. The third kappa shape index (κ3) is 3.31. The summed E-state index contributed by atoms with van der Waals surface area (Å²) in [7, 11) is 0. The molecule has 2 atom stereocenters. The number of hydrogen-bond donors (Lipinski definition) is 0. The van der Waals surface area contributed by atoms with Crippen molar-refractivity contribution in [3.63, 3.8) is 0 Å². The highest BCUT2D eigenvalue weighted by molar-refractivity contribution is 6.12. The van der Waals surface area contributed by atoms with Gasteiger partial charge in [0, 0.05) is 11.3 Å². The van der Waals surface area contributed by atoms with Gasteiger partial charge >= 0.3 is 12.1 Å². The molecular weight excluding hydrogens is 491 g/mol. The van der Waals surface area contributed by atoms with Crippen molar-refractivity contribution < 1.29 is 27.5 Å². The summed E-state index contributed by atoms with van der Waals surface area (Å²) in [6.45, 7) is 0.0630. The van der Waals surface area contributed by atoms with E-state index < -0.39 is 35.5 Å². The molecule has 4 aromatic carbocycles. The number of halogens is 3. The van der Waals surface area contributed by atoms with Gasteiger partial charge in [-0.25, -0.2) is 0 Å². The van der Waals surface area contributed by atoms with Gasteiger partial charge in [-0.05, 0) is 28.3 Å². The summed E-state index contributed by atoms with van der Waals surface area (Å²) < 4.78 is 51.4. The second kappa shape index (κ2) is 8.58. The number of hydrogen-bond acceptors (Lipinski definition) is 3. The first-order chi connectivity index (χ1) is 18.3. The lowest BCUT2D eigenvalue weighted by molar-refractivity contribution is -0.279. The number of carbonyl (C=O) groups is 2. The molecule has 0 saturated carbocycles. The maximum atomic E-state index is 15.4. The summed E-state index contributed by atoms with van der Waals surface area (Å²) in [4.78, 5) is 28.4. The zero-order valence-electron chi connectivity index (χ0n) is 20.1. The second-order valence-corrected chi connectivity index (χ2v) is 9.57. The van der Waals surface area contributed by atoms with Crippen molar-refractivity contribution in [3.8, 4) is 11.1 Å². The van der Waals surface area contributed by atoms with E-state index in [9.17, 15) is 9.59 Å². The van der Waals surface area contributed by atoms with E-state index in [-0.39, 0.29) is 17.7 Å². The molecule has 1 fully saturated rings. The fraction of sp³-hybridized carbons (Fsp3) is 0.161. The van der Waals surface area contributed by atoms with E-state index in [1.807, 2.05) is 36.4 Å². The van der Waals surface area contributed by atoms with Gasteiger partial charge in [-0.3, -0.25) is 9.59 Å². The predicted octanol–water partition coefficient (Wildman–Crippen LogP) is 6.54. The smallest absolute Gasteiger partial charge is 0.434 e. The lowest BCUT2D eigenvalue weighted by Gasteiger charge is -2.41. The van der Waals surface area contributed by atoms with Crippen molar-refractivity contribution in [2.45, 2.75) is 30.2 Å². The van der Waals surface area contributed by atoms with Crippen LogP contribution in [0.25, 0.3) is 11.1 Å². The van der Waals surface area contributed by atoms with Crippen molar-refractivity contribution in [1.82, 2.24) is 0 Å². The number of cyclic esters (lactones) is 1. The lowest BCUT2D eigenvalue weighted by atomic mass is 9.64. The molecule has 7 heteroatoms. The third-order valence-electron chi connectivity index (χ3n) is 7.52. The molecule has 1 spiro atoms. The molecule has 1 amide bonds. The Morgan fingerprint density at radius 2 is 1.32 bits per heavy atom. The van der Waals surface area contributed by atoms with E-state index in [1.54, 1.807) is 54.6 Å². The quantitative estimate of drug-likeness (QED) is 0.291. The summed E-state index contributed by atoms with van der Waals surface area (Å²) in [5.41, 5.74) is -3.02. The minimum absolute atomic E-state index is 0.0630. The van der Waals surface area contributed by atoms with Crippen LogP contribution >= 0.6 is 0 Å². The van der Waals surface area contributed by atoms with Gasteiger partial charge in [0.15, 0.2) is 0 Å². The normalized spacial score (nSPS) is 22.6. The molecule has 0 unspecified atom stereocenters. The van der Waals surface area contributed by atoms with Crippen molar-refractivity contribution in [2.24, 2.45) is 0 Å². The number of amides is 1. The zero-order valence-corrected chi connectivity index (χ0v) is 20.1. The molecule has 190 valence electrons. The van der Waals surface area contributed by atoms with Crippen LogP contribution < -0.4 is 4.90 Å². The minimum Gasteiger partial charge on any atom is -0.443 e. The molecule has 2 aliphatic heterocycles. The Kier molecular flexibility index (Phi) is 5.42. The third-order valence-corrected chi connectivity index (χ3v) is 7.52. The average molecular weight is 514 g/mol. The van der Waals surface area contributed by atoms with Gasteiger partial charge in [0.2, 0.25) is 5.91 Å². The Labute approximate surface area is 217 Å². The summed E-state index contributed by atoms with van der Waals surface area (Å²) >= 11 is 0. The number of anilines is 1. The molecule has 0 radical (unpaired) electrons. The SMILES string of the molecule is O=C1C[C@@]2(C(=O)N(Cc3ccccc3)c3ccccc32)[C@](c2ccc(-c3ccccc3)cc2)(C(F)(F)F)O1. The van der Waals surface area contributed by atoms with E-state index >= 15 is 13.2 Å². The van der Waals surface area contributed by atoms with Gasteiger partial charge in [0.1, 0.15) is 5.41 Å². The maximum absolute atomic E-state index is 15.4. The highest BCUT2D eigenvalue weighted by Gasteiger charge is 2.80. The Balaban J connectivity index is 1.55. The fourth-order valence-electron chi connectivity index (χ4n) is 5.89. The summed E-state index contributed by atoms with van der Waals surface area (Å²) in [6.07, 6.45) is -5.80. The Hall–Kier alpha value is -4.39. The average Bonchev–Trinajstić information content (AvgIpc) is 3.38. The molecule has 2 heterocycles. The highest BCUT2D eigenvalue weighted by atomic mass is 19.4. The van der Waals surface area contributed by atoms with E-state index in [4.69, 9.17) is 4.74 Å². The summed E-state index contributed by atoms with van der Waals surface area (Å²) in [6, 6.07) is 30.4. The predicted molar refractivity (Wildman–Crippen MR) is 136 cm³/mol. The number of para-hydroxylation sites is 1. The van der Waals surface area contributed by atoms with Crippen LogP contribution in [0.2, 0.25) is 0 Å². The number of carbonyl (C=O) groups excluding carboxylic acids is 2. The van der Waals surface area contributed by atoms with Crippen molar-refractivity contribution in [1.29, 1.82) is 0 Å². The van der Waals surface area contributed by atoms with Gasteiger partial charge in [-0.1, -0.05) is 103 Å². The standard InChI is InChI=1S/C31H22F3NO3/c32-31(33,34)30(24-17-15-23(16-18-24)22-11-5-2-6-12-22)29(19-27(36)38-30)25-13-7-8-14-26(25)35(28(29)37)20-21-9-3-1-4-10-21/h1-18H,19-20H2/t29-,30-/m1/s1. The van der Waals surface area contributed by atoms with Crippen LogP contribution in [0.4, 0.5) is 18.9 Å². The number of alkyl halides is 3. The maximum Gasteiger partial charge on any atom is 0.434 e. The largest absolute Gasteiger partial charge is 0.443 e. The van der Waals surface area contributed by atoms with E-state index in [2.05, 4.69) is 0 Å². The number of nitrogens with zero attached hydrogens (tertiary/aromatic N) is 1. The molecule has 6 rings (SSSR count). The molecule has 0 aromatic heterocycles. The van der Waals surface area contributed by atoms with Crippen LogP contribution in [0.5, 0.6) is 0 Å². The van der Waals surface area contributed by atoms with Gasteiger partial charge in [-0.2, -0.15) is 13.2 Å². The van der Waals surface area contributed by atoms with E-state index in [0.29, 0.717) is 11.3 Å². The van der Waals surface area contributed by atoms with Crippen molar-refractivity contribution >= 4 is 17.6 Å². The zero-order chi connectivity index (χ0) is 26.5. The van der Waals surface area contributed by atoms with Gasteiger partial charge < -0.3 is 9.64 Å². The van der Waals surface area contributed by atoms with Gasteiger partial charge in [0.25, 0.3) is 5.60 Å². The molecular formula is C31H22F3NO3. The van der Waals surface area contributed by atoms with Crippen LogP contribution in [0, 0.1) is 0 Å². The van der Waals surface area contributed by atoms with Crippen molar-refractivity contribution in [2.75, 3.05) is 4.90 Å². The molecule has 4 aromatic rings. The van der Waals surface area contributed by atoms with Crippen LogP contribution in [-0.4, -0.2) is 18.1 Å². The minimum atomic E-state index is -5.08. The first-order valence-electron chi connectivity index (χ1n) is 12.2. The number of rotatable bonds is 4. The molecule has 4 nitrogen and oxygen atoms in total. The number of esters is 1.